The van der Waals surface area contributed by atoms with Gasteiger partial charge in [0.05, 0.1) is 6.20 Å². The Bertz CT molecular complexity index is 668. The maximum absolute atomic E-state index is 4.22. The summed E-state index contributed by atoms with van der Waals surface area (Å²) < 4.78 is 1.84. The van der Waals surface area contributed by atoms with Gasteiger partial charge in [0.2, 0.25) is 0 Å². The minimum atomic E-state index is 0.640. The number of rotatable bonds is 5. The van der Waals surface area contributed by atoms with E-state index in [2.05, 4.69) is 65.4 Å². The Hall–Kier alpha value is -2.01. The van der Waals surface area contributed by atoms with Crippen LogP contribution in [0.15, 0.2) is 30.6 Å². The highest BCUT2D eigenvalue weighted by Gasteiger charge is 2.19. The summed E-state index contributed by atoms with van der Waals surface area (Å²) in [4.78, 5) is 5.05. The molecule has 1 N–H and O–H groups in total. The number of hydrogen-bond acceptors (Lipinski definition) is 4. The normalized spacial score (nSPS) is 16.0. The highest BCUT2D eigenvalue weighted by molar-refractivity contribution is 5.60. The van der Waals surface area contributed by atoms with Crippen LogP contribution in [0.2, 0.25) is 0 Å². The van der Waals surface area contributed by atoms with Crippen molar-refractivity contribution in [2.75, 3.05) is 36.4 Å². The van der Waals surface area contributed by atoms with Crippen molar-refractivity contribution < 1.29 is 0 Å². The van der Waals surface area contributed by atoms with Crippen molar-refractivity contribution in [3.8, 4) is 0 Å². The van der Waals surface area contributed by atoms with Crippen molar-refractivity contribution in [1.82, 2.24) is 14.7 Å². The lowest BCUT2D eigenvalue weighted by molar-refractivity contribution is 0.209. The molecule has 0 amide bonds. The number of benzene rings is 1. The van der Waals surface area contributed by atoms with E-state index in [0.29, 0.717) is 6.04 Å². The topological polar surface area (TPSA) is 36.3 Å². The van der Waals surface area contributed by atoms with E-state index in [4.69, 9.17) is 0 Å². The Kier molecular flexibility index (Phi) is 5.09. The second-order valence-corrected chi connectivity index (χ2v) is 7.05. The Morgan fingerprint density at radius 1 is 1.12 bits per heavy atom. The summed E-state index contributed by atoms with van der Waals surface area (Å²) in [7, 11) is 1.95. The van der Waals surface area contributed by atoms with Gasteiger partial charge in [0.15, 0.2) is 0 Å². The SMILES string of the molecule is Cc1cc(NCc2cnn(C)c2)cc(N2CCN(C(C)C)CC2)c1. The van der Waals surface area contributed by atoms with Crippen LogP contribution in [-0.2, 0) is 13.6 Å². The van der Waals surface area contributed by atoms with Crippen molar-refractivity contribution in [1.29, 1.82) is 0 Å². The largest absolute Gasteiger partial charge is 0.381 e. The van der Waals surface area contributed by atoms with Gasteiger partial charge in [-0.25, -0.2) is 0 Å². The third kappa shape index (κ3) is 4.09. The Labute approximate surface area is 145 Å². The van der Waals surface area contributed by atoms with Crippen LogP contribution in [0.3, 0.4) is 0 Å². The summed E-state index contributed by atoms with van der Waals surface area (Å²) in [5.41, 5.74) is 5.01. The van der Waals surface area contributed by atoms with Gasteiger partial charge in [-0.15, -0.1) is 0 Å². The van der Waals surface area contributed by atoms with Gasteiger partial charge in [-0.2, -0.15) is 5.10 Å². The molecule has 0 atom stereocenters. The van der Waals surface area contributed by atoms with E-state index in [-0.39, 0.29) is 0 Å². The molecule has 0 radical (unpaired) electrons. The van der Waals surface area contributed by atoms with Crippen LogP contribution in [0.25, 0.3) is 0 Å². The maximum Gasteiger partial charge on any atom is 0.0539 e. The van der Waals surface area contributed by atoms with Gasteiger partial charge in [0.1, 0.15) is 0 Å². The highest BCUT2D eigenvalue weighted by Crippen LogP contribution is 2.24. The predicted octanol–water partition coefficient (Wildman–Crippen LogP) is 2.87. The van der Waals surface area contributed by atoms with Crippen LogP contribution in [0.4, 0.5) is 11.4 Å². The van der Waals surface area contributed by atoms with Crippen molar-refractivity contribution in [3.05, 3.63) is 41.7 Å². The van der Waals surface area contributed by atoms with Crippen molar-refractivity contribution >= 4 is 11.4 Å². The molecule has 0 aliphatic carbocycles. The van der Waals surface area contributed by atoms with Crippen molar-refractivity contribution in [2.45, 2.75) is 33.4 Å². The molecule has 2 heterocycles. The van der Waals surface area contributed by atoms with Gasteiger partial charge in [-0.05, 0) is 44.5 Å². The van der Waals surface area contributed by atoms with Crippen LogP contribution in [-0.4, -0.2) is 46.9 Å². The fraction of sp³-hybridized carbons (Fsp3) is 0.526. The molecule has 3 rings (SSSR count). The van der Waals surface area contributed by atoms with Gasteiger partial charge >= 0.3 is 0 Å². The molecule has 130 valence electrons. The number of hydrogen-bond donors (Lipinski definition) is 1. The molecule has 5 heteroatoms. The summed E-state index contributed by atoms with van der Waals surface area (Å²) in [5.74, 6) is 0. The van der Waals surface area contributed by atoms with E-state index in [0.717, 1.165) is 32.7 Å². The van der Waals surface area contributed by atoms with Gasteiger partial charge < -0.3 is 10.2 Å². The van der Waals surface area contributed by atoms with E-state index in [1.165, 1.54) is 22.5 Å². The zero-order valence-electron chi connectivity index (χ0n) is 15.3. The fourth-order valence-corrected chi connectivity index (χ4v) is 3.31. The van der Waals surface area contributed by atoms with Crippen LogP contribution < -0.4 is 10.2 Å². The zero-order chi connectivity index (χ0) is 17.1. The molecule has 0 spiro atoms. The van der Waals surface area contributed by atoms with Crippen LogP contribution in [0, 0.1) is 6.92 Å². The first-order valence-corrected chi connectivity index (χ1v) is 8.83. The molecule has 5 nitrogen and oxygen atoms in total. The lowest BCUT2D eigenvalue weighted by Crippen LogP contribution is -2.48. The summed E-state index contributed by atoms with van der Waals surface area (Å²) in [6.07, 6.45) is 3.96. The first-order chi connectivity index (χ1) is 11.5. The molecule has 1 aliphatic rings. The van der Waals surface area contributed by atoms with Gasteiger partial charge in [-0.3, -0.25) is 9.58 Å². The van der Waals surface area contributed by atoms with Crippen LogP contribution in [0.1, 0.15) is 25.0 Å². The first-order valence-electron chi connectivity index (χ1n) is 8.83. The first kappa shape index (κ1) is 16.8. The zero-order valence-corrected chi connectivity index (χ0v) is 15.3. The van der Waals surface area contributed by atoms with E-state index in [1.54, 1.807) is 0 Å². The Balaban J connectivity index is 1.65. The molecule has 1 aromatic heterocycles. The second kappa shape index (κ2) is 7.26. The van der Waals surface area contributed by atoms with Gasteiger partial charge in [0, 0.05) is 68.9 Å². The molecule has 0 bridgehead atoms. The number of aromatic nitrogens is 2. The third-order valence-corrected chi connectivity index (χ3v) is 4.73. The smallest absolute Gasteiger partial charge is 0.0539 e. The molecule has 0 saturated carbocycles. The number of aryl methyl sites for hydroxylation is 2. The van der Waals surface area contributed by atoms with Crippen LogP contribution >= 0.6 is 0 Å². The van der Waals surface area contributed by atoms with E-state index in [1.807, 2.05) is 17.9 Å². The molecule has 1 saturated heterocycles. The molecule has 2 aromatic rings. The second-order valence-electron chi connectivity index (χ2n) is 7.05. The van der Waals surface area contributed by atoms with E-state index >= 15 is 0 Å². The Morgan fingerprint density at radius 3 is 2.50 bits per heavy atom. The van der Waals surface area contributed by atoms with E-state index < -0.39 is 0 Å². The average molecular weight is 327 g/mol. The number of anilines is 2. The molecule has 1 fully saturated rings. The predicted molar refractivity (Wildman–Crippen MR) is 101 cm³/mol. The minimum absolute atomic E-state index is 0.640. The monoisotopic (exact) mass is 327 g/mol. The van der Waals surface area contributed by atoms with Crippen molar-refractivity contribution in [3.63, 3.8) is 0 Å². The third-order valence-electron chi connectivity index (χ3n) is 4.73. The lowest BCUT2D eigenvalue weighted by atomic mass is 10.1. The molecule has 24 heavy (non-hydrogen) atoms. The summed E-state index contributed by atoms with van der Waals surface area (Å²) in [6.45, 7) is 12.0. The molecular formula is C19H29N5. The molecule has 1 aromatic carbocycles. The van der Waals surface area contributed by atoms with Gasteiger partial charge in [0.25, 0.3) is 0 Å². The minimum Gasteiger partial charge on any atom is -0.381 e. The maximum atomic E-state index is 4.22. The highest BCUT2D eigenvalue weighted by atomic mass is 15.3. The fourth-order valence-electron chi connectivity index (χ4n) is 3.31. The molecule has 1 aliphatic heterocycles. The van der Waals surface area contributed by atoms with E-state index in [9.17, 15) is 0 Å². The average Bonchev–Trinajstić information content (AvgIpc) is 2.98. The number of nitrogens with zero attached hydrogens (tertiary/aromatic N) is 4. The summed E-state index contributed by atoms with van der Waals surface area (Å²) >= 11 is 0. The van der Waals surface area contributed by atoms with Crippen molar-refractivity contribution in [2.24, 2.45) is 7.05 Å². The lowest BCUT2D eigenvalue weighted by Gasteiger charge is -2.38. The quantitative estimate of drug-likeness (QED) is 0.916. The number of nitrogens with one attached hydrogen (secondary N) is 1. The molecule has 0 unspecified atom stereocenters. The standard InChI is InChI=1S/C19H29N5/c1-15(2)23-5-7-24(8-6-23)19-10-16(3)9-18(11-19)20-12-17-13-21-22(4)14-17/h9-11,13-15,20H,5-8,12H2,1-4H3. The summed E-state index contributed by atoms with van der Waals surface area (Å²) in [6, 6.07) is 7.42. The number of piperazine rings is 1. The van der Waals surface area contributed by atoms with Gasteiger partial charge in [-0.1, -0.05) is 0 Å². The molecular weight excluding hydrogens is 298 g/mol. The van der Waals surface area contributed by atoms with Crippen LogP contribution in [0.5, 0.6) is 0 Å². The Morgan fingerprint density at radius 2 is 1.88 bits per heavy atom. The summed E-state index contributed by atoms with van der Waals surface area (Å²) in [5, 5.41) is 7.75.